The lowest BCUT2D eigenvalue weighted by atomic mass is 10.1. The summed E-state index contributed by atoms with van der Waals surface area (Å²) < 4.78 is 25.7. The first-order valence-corrected chi connectivity index (χ1v) is 10.2. The summed E-state index contributed by atoms with van der Waals surface area (Å²) in [6.07, 6.45) is 0. The van der Waals surface area contributed by atoms with Crippen molar-refractivity contribution in [3.8, 4) is 39.7 Å². The predicted octanol–water partition coefficient (Wildman–Crippen LogP) is 3.26. The van der Waals surface area contributed by atoms with Crippen LogP contribution >= 0.6 is 0 Å². The number of nitrogens with zero attached hydrogens (tertiary/aromatic N) is 2. The van der Waals surface area contributed by atoms with E-state index in [0.717, 1.165) is 11.1 Å². The van der Waals surface area contributed by atoms with E-state index in [2.05, 4.69) is 5.10 Å². The molecule has 0 saturated carbocycles. The lowest BCUT2D eigenvalue weighted by Crippen LogP contribution is -2.16. The largest absolute Gasteiger partial charge is 0.508 e. The van der Waals surface area contributed by atoms with Gasteiger partial charge < -0.3 is 10.2 Å². The maximum absolute atomic E-state index is 12.1. The molecular weight excluding hydrogens is 390 g/mol. The quantitative estimate of drug-likeness (QED) is 0.480. The SMILES string of the molecule is NS(=O)(=O)c1ccccc1-n1nc(-c2ccc(O)cc2)cc1-c1ccc(O)cc1. The maximum Gasteiger partial charge on any atom is 0.240 e. The van der Waals surface area contributed by atoms with Crippen LogP contribution in [0.1, 0.15) is 0 Å². The van der Waals surface area contributed by atoms with Gasteiger partial charge >= 0.3 is 0 Å². The molecule has 0 aliphatic heterocycles. The van der Waals surface area contributed by atoms with Crippen molar-refractivity contribution in [1.82, 2.24) is 9.78 Å². The van der Waals surface area contributed by atoms with E-state index in [1.165, 1.54) is 10.7 Å². The second kappa shape index (κ2) is 7.08. The van der Waals surface area contributed by atoms with Gasteiger partial charge in [0.15, 0.2) is 0 Å². The van der Waals surface area contributed by atoms with Crippen molar-refractivity contribution in [3.05, 3.63) is 78.9 Å². The minimum atomic E-state index is -3.98. The first-order valence-electron chi connectivity index (χ1n) is 8.64. The highest BCUT2D eigenvalue weighted by atomic mass is 32.2. The number of hydrogen-bond donors (Lipinski definition) is 3. The van der Waals surface area contributed by atoms with Gasteiger partial charge in [0.05, 0.1) is 17.1 Å². The first kappa shape index (κ1) is 18.7. The zero-order valence-electron chi connectivity index (χ0n) is 15.1. The van der Waals surface area contributed by atoms with Crippen LogP contribution < -0.4 is 5.14 Å². The number of rotatable bonds is 4. The third-order valence-electron chi connectivity index (χ3n) is 4.44. The summed E-state index contributed by atoms with van der Waals surface area (Å²) >= 11 is 0. The minimum Gasteiger partial charge on any atom is -0.508 e. The van der Waals surface area contributed by atoms with Crippen molar-refractivity contribution in [2.75, 3.05) is 0 Å². The Balaban J connectivity index is 1.98. The Labute approximate surface area is 167 Å². The molecule has 0 bridgehead atoms. The molecule has 0 aliphatic rings. The van der Waals surface area contributed by atoms with Crippen molar-refractivity contribution in [1.29, 1.82) is 0 Å². The highest BCUT2D eigenvalue weighted by molar-refractivity contribution is 7.89. The summed E-state index contributed by atoms with van der Waals surface area (Å²) in [5.41, 5.74) is 2.98. The van der Waals surface area contributed by atoms with Gasteiger partial charge in [-0.05, 0) is 66.7 Å². The molecule has 0 aliphatic carbocycles. The zero-order valence-corrected chi connectivity index (χ0v) is 15.9. The summed E-state index contributed by atoms with van der Waals surface area (Å²) in [5, 5.41) is 29.2. The summed E-state index contributed by atoms with van der Waals surface area (Å²) in [5.74, 6) is 0.245. The Morgan fingerprint density at radius 1 is 0.793 bits per heavy atom. The summed E-state index contributed by atoms with van der Waals surface area (Å²) in [4.78, 5) is -0.0552. The van der Waals surface area contributed by atoms with Gasteiger partial charge in [0, 0.05) is 11.1 Å². The van der Waals surface area contributed by atoms with Gasteiger partial charge in [-0.2, -0.15) is 5.10 Å². The maximum atomic E-state index is 12.1. The van der Waals surface area contributed by atoms with Crippen molar-refractivity contribution in [2.45, 2.75) is 4.90 Å². The average molecular weight is 407 g/mol. The van der Waals surface area contributed by atoms with Gasteiger partial charge in [-0.25, -0.2) is 18.2 Å². The number of benzene rings is 3. The molecule has 0 spiro atoms. The summed E-state index contributed by atoms with van der Waals surface area (Å²) in [7, 11) is -3.98. The third kappa shape index (κ3) is 3.71. The van der Waals surface area contributed by atoms with Crippen LogP contribution in [0, 0.1) is 0 Å². The van der Waals surface area contributed by atoms with Crippen LogP contribution in [0.25, 0.3) is 28.2 Å². The molecule has 7 nitrogen and oxygen atoms in total. The summed E-state index contributed by atoms with van der Waals surface area (Å²) in [6.45, 7) is 0. The molecule has 0 radical (unpaired) electrons. The van der Waals surface area contributed by atoms with Crippen LogP contribution in [0.5, 0.6) is 11.5 Å². The minimum absolute atomic E-state index is 0.0552. The number of para-hydroxylation sites is 1. The number of aromatic hydroxyl groups is 2. The van der Waals surface area contributed by atoms with Gasteiger partial charge in [0.1, 0.15) is 16.4 Å². The van der Waals surface area contributed by atoms with Crippen molar-refractivity contribution in [2.24, 2.45) is 5.14 Å². The van der Waals surface area contributed by atoms with Crippen molar-refractivity contribution < 1.29 is 18.6 Å². The van der Waals surface area contributed by atoms with Crippen molar-refractivity contribution >= 4 is 10.0 Å². The Hall–Kier alpha value is -3.62. The van der Waals surface area contributed by atoms with E-state index in [4.69, 9.17) is 5.14 Å². The van der Waals surface area contributed by atoms with E-state index in [-0.39, 0.29) is 16.4 Å². The van der Waals surface area contributed by atoms with Gasteiger partial charge in [-0.15, -0.1) is 0 Å². The van der Waals surface area contributed by atoms with Crippen LogP contribution in [0.15, 0.2) is 83.8 Å². The lowest BCUT2D eigenvalue weighted by molar-refractivity contribution is 0.475. The number of phenols is 2. The molecule has 146 valence electrons. The topological polar surface area (TPSA) is 118 Å². The molecule has 4 rings (SSSR count). The van der Waals surface area contributed by atoms with Crippen LogP contribution in [-0.2, 0) is 10.0 Å². The molecule has 1 heterocycles. The predicted molar refractivity (Wildman–Crippen MR) is 109 cm³/mol. The molecule has 0 amide bonds. The average Bonchev–Trinajstić information content (AvgIpc) is 3.14. The molecule has 8 heteroatoms. The zero-order chi connectivity index (χ0) is 20.6. The monoisotopic (exact) mass is 407 g/mol. The highest BCUT2D eigenvalue weighted by Gasteiger charge is 2.20. The van der Waals surface area contributed by atoms with Crippen LogP contribution in [-0.4, -0.2) is 28.4 Å². The number of sulfonamides is 1. The van der Waals surface area contributed by atoms with Crippen LogP contribution in [0.2, 0.25) is 0 Å². The molecule has 4 aromatic rings. The second-order valence-electron chi connectivity index (χ2n) is 6.43. The molecule has 0 unspecified atom stereocenters. The van der Waals surface area contributed by atoms with Gasteiger partial charge in [-0.3, -0.25) is 0 Å². The third-order valence-corrected chi connectivity index (χ3v) is 5.39. The fourth-order valence-corrected chi connectivity index (χ4v) is 3.76. The van der Waals surface area contributed by atoms with E-state index in [9.17, 15) is 18.6 Å². The van der Waals surface area contributed by atoms with Gasteiger partial charge in [0.2, 0.25) is 10.0 Å². The van der Waals surface area contributed by atoms with E-state index >= 15 is 0 Å². The van der Waals surface area contributed by atoms with E-state index in [1.54, 1.807) is 72.8 Å². The van der Waals surface area contributed by atoms with Crippen molar-refractivity contribution in [3.63, 3.8) is 0 Å². The fraction of sp³-hybridized carbons (Fsp3) is 0. The first-order chi connectivity index (χ1) is 13.8. The standard InChI is InChI=1S/C21H17N3O4S/c22-29(27,28)21-4-2-1-3-19(21)24-20(15-7-11-17(26)12-8-15)13-18(23-24)14-5-9-16(25)10-6-14/h1-13,25-26H,(H2,22,27,28). The second-order valence-corrected chi connectivity index (χ2v) is 7.96. The molecule has 29 heavy (non-hydrogen) atoms. The Morgan fingerprint density at radius 3 is 1.93 bits per heavy atom. The number of primary sulfonamides is 1. The molecule has 1 aromatic heterocycles. The molecule has 0 saturated heterocycles. The number of nitrogens with two attached hydrogens (primary N) is 1. The number of hydrogen-bond acceptors (Lipinski definition) is 5. The normalized spacial score (nSPS) is 11.5. The van der Waals surface area contributed by atoms with E-state index < -0.39 is 10.0 Å². The van der Waals surface area contributed by atoms with Crippen LogP contribution in [0.3, 0.4) is 0 Å². The number of aromatic nitrogens is 2. The smallest absolute Gasteiger partial charge is 0.240 e. The number of phenolic OH excluding ortho intramolecular Hbond substituents is 2. The van der Waals surface area contributed by atoms with E-state index in [0.29, 0.717) is 17.1 Å². The highest BCUT2D eigenvalue weighted by Crippen LogP contribution is 2.32. The molecule has 3 aromatic carbocycles. The van der Waals surface area contributed by atoms with Gasteiger partial charge in [0.25, 0.3) is 0 Å². The molecule has 0 atom stereocenters. The van der Waals surface area contributed by atoms with Crippen LogP contribution in [0.4, 0.5) is 0 Å². The lowest BCUT2D eigenvalue weighted by Gasteiger charge is -2.11. The van der Waals surface area contributed by atoms with E-state index in [1.807, 2.05) is 0 Å². The molecule has 0 fully saturated rings. The Kier molecular flexibility index (Phi) is 4.57. The molecular formula is C21H17N3O4S. The molecule has 4 N–H and O–H groups in total. The van der Waals surface area contributed by atoms with Gasteiger partial charge in [-0.1, -0.05) is 12.1 Å². The Bertz CT molecular complexity index is 1280. The Morgan fingerprint density at radius 2 is 1.34 bits per heavy atom. The fourth-order valence-electron chi connectivity index (χ4n) is 3.05. The summed E-state index contributed by atoms with van der Waals surface area (Å²) in [6, 6.07) is 21.2.